The second-order valence-electron chi connectivity index (χ2n) is 9.08. The number of imide groups is 1. The number of methoxy groups -OCH3 is 1. The molecule has 202 valence electrons. The maximum Gasteiger partial charge on any atom is 0.337 e. The lowest BCUT2D eigenvalue weighted by molar-refractivity contribution is 0.0597. The van der Waals surface area contributed by atoms with Crippen molar-refractivity contribution >= 4 is 29.5 Å². The zero-order valence-electron chi connectivity index (χ0n) is 22.0. The molecule has 0 unspecified atom stereocenters. The molecule has 0 fully saturated rings. The Balaban J connectivity index is 1.47. The molecule has 2 amide bonds. The second-order valence-corrected chi connectivity index (χ2v) is 9.87. The Morgan fingerprint density at radius 2 is 1.57 bits per heavy atom. The number of carbonyl (C=O) groups excluding carboxylic acids is 3. The summed E-state index contributed by atoms with van der Waals surface area (Å²) in [6.45, 7) is 1.91. The summed E-state index contributed by atoms with van der Waals surface area (Å²) in [6, 6.07) is 19.0. The maximum atomic E-state index is 13.2. The van der Waals surface area contributed by atoms with Crippen LogP contribution in [-0.4, -0.2) is 46.0 Å². The highest BCUT2D eigenvalue weighted by molar-refractivity contribution is 7.98. The van der Waals surface area contributed by atoms with Crippen LogP contribution in [0.1, 0.15) is 47.8 Å². The van der Waals surface area contributed by atoms with Gasteiger partial charge in [0, 0.05) is 0 Å². The smallest absolute Gasteiger partial charge is 0.337 e. The topological polar surface area (TPSA) is 119 Å². The third kappa shape index (κ3) is 5.01. The first-order chi connectivity index (χ1) is 19.3. The van der Waals surface area contributed by atoms with Gasteiger partial charge >= 0.3 is 5.97 Å². The molecule has 0 saturated heterocycles. The number of nitrogens with zero attached hydrogens (tertiary/aromatic N) is 2. The molecule has 0 saturated carbocycles. The van der Waals surface area contributed by atoms with Crippen molar-refractivity contribution in [2.75, 3.05) is 13.4 Å². The summed E-state index contributed by atoms with van der Waals surface area (Å²) < 4.78 is 11.0. The summed E-state index contributed by atoms with van der Waals surface area (Å²) in [5.41, 5.74) is 3.48. The minimum absolute atomic E-state index is 0.0202. The number of ether oxygens (including phenoxy) is 2. The second kappa shape index (κ2) is 11.2. The van der Waals surface area contributed by atoms with E-state index in [4.69, 9.17) is 9.47 Å². The molecule has 1 aliphatic heterocycles. The number of thioether (sulfide) groups is 1. The van der Waals surface area contributed by atoms with Crippen LogP contribution >= 0.6 is 11.8 Å². The lowest BCUT2D eigenvalue weighted by Gasteiger charge is -2.18. The van der Waals surface area contributed by atoms with E-state index in [-0.39, 0.29) is 42.0 Å². The fourth-order valence-corrected chi connectivity index (χ4v) is 4.93. The Bertz CT molecular complexity index is 1680. The number of benzene rings is 3. The number of aromatic amines is 1. The van der Waals surface area contributed by atoms with E-state index in [2.05, 4.69) is 9.97 Å². The number of fused-ring (bicyclic) bond motifs is 1. The van der Waals surface area contributed by atoms with Crippen molar-refractivity contribution in [3.8, 4) is 17.0 Å². The molecule has 4 aromatic rings. The van der Waals surface area contributed by atoms with Crippen LogP contribution in [0.3, 0.4) is 0 Å². The fourth-order valence-electron chi connectivity index (χ4n) is 4.56. The van der Waals surface area contributed by atoms with Crippen LogP contribution < -0.4 is 10.3 Å². The van der Waals surface area contributed by atoms with Gasteiger partial charge < -0.3 is 14.5 Å². The molecule has 1 aliphatic rings. The first kappa shape index (κ1) is 26.9. The molecule has 2 heterocycles. The Kier molecular flexibility index (Phi) is 7.52. The molecule has 0 atom stereocenters. The highest BCUT2D eigenvalue weighted by Crippen LogP contribution is 2.31. The summed E-state index contributed by atoms with van der Waals surface area (Å²) in [4.78, 5) is 59.7. The summed E-state index contributed by atoms with van der Waals surface area (Å²) in [6.07, 6.45) is 1.78. The van der Waals surface area contributed by atoms with Gasteiger partial charge in [-0.3, -0.25) is 19.3 Å². The standard InChI is InChI=1S/C30H25N3O6S/c1-17-12-13-18(29(37)38-2)14-23(17)24-25(34)31-30(40-3)32-26(24)39-16-20-9-5-4-8-19(20)15-33-27(35)21-10-6-7-11-22(21)28(33)36/h4-14H,15-16H2,1-3H3,(H,31,32,34). The first-order valence-corrected chi connectivity index (χ1v) is 13.6. The molecule has 3 aromatic carbocycles. The highest BCUT2D eigenvalue weighted by atomic mass is 32.2. The van der Waals surface area contributed by atoms with Crippen molar-refractivity contribution in [2.24, 2.45) is 0 Å². The normalized spacial score (nSPS) is 12.4. The molecular formula is C30H25N3O6S. The Morgan fingerprint density at radius 1 is 0.925 bits per heavy atom. The van der Waals surface area contributed by atoms with Crippen molar-refractivity contribution < 1.29 is 23.9 Å². The molecule has 1 aromatic heterocycles. The Hall–Kier alpha value is -4.70. The third-order valence-corrected chi connectivity index (χ3v) is 7.26. The fraction of sp³-hybridized carbons (Fsp3) is 0.167. The van der Waals surface area contributed by atoms with E-state index in [0.717, 1.165) is 16.7 Å². The van der Waals surface area contributed by atoms with Crippen LogP contribution in [0.2, 0.25) is 0 Å². The maximum absolute atomic E-state index is 13.2. The van der Waals surface area contributed by atoms with Crippen LogP contribution in [0.15, 0.2) is 76.7 Å². The minimum atomic E-state index is -0.532. The number of nitrogens with one attached hydrogen (secondary N) is 1. The Morgan fingerprint density at radius 3 is 2.23 bits per heavy atom. The predicted octanol–water partition coefficient (Wildman–Crippen LogP) is 4.63. The molecule has 10 heteroatoms. The molecule has 0 aliphatic carbocycles. The minimum Gasteiger partial charge on any atom is -0.472 e. The molecule has 0 bridgehead atoms. The van der Waals surface area contributed by atoms with Crippen molar-refractivity contribution in [3.63, 3.8) is 0 Å². The summed E-state index contributed by atoms with van der Waals surface area (Å²) in [7, 11) is 1.29. The van der Waals surface area contributed by atoms with Crippen molar-refractivity contribution in [2.45, 2.75) is 25.2 Å². The summed E-state index contributed by atoms with van der Waals surface area (Å²) in [5.74, 6) is -1.13. The molecule has 9 nitrogen and oxygen atoms in total. The average molecular weight is 556 g/mol. The van der Waals surface area contributed by atoms with Crippen LogP contribution in [0.25, 0.3) is 11.1 Å². The number of aromatic nitrogens is 2. The Labute approximate surface area is 234 Å². The van der Waals surface area contributed by atoms with Crippen LogP contribution in [0.4, 0.5) is 0 Å². The van der Waals surface area contributed by atoms with Gasteiger partial charge in [-0.25, -0.2) is 4.79 Å². The van der Waals surface area contributed by atoms with Gasteiger partial charge in [-0.1, -0.05) is 54.2 Å². The molecule has 5 rings (SSSR count). The zero-order chi connectivity index (χ0) is 28.4. The van der Waals surface area contributed by atoms with Crippen LogP contribution in [0, 0.1) is 6.92 Å². The lowest BCUT2D eigenvalue weighted by atomic mass is 9.99. The van der Waals surface area contributed by atoms with Gasteiger partial charge in [-0.2, -0.15) is 4.98 Å². The largest absolute Gasteiger partial charge is 0.472 e. The monoisotopic (exact) mass is 555 g/mol. The van der Waals surface area contributed by atoms with Gasteiger partial charge in [0.25, 0.3) is 17.4 Å². The van der Waals surface area contributed by atoms with Gasteiger partial charge in [-0.05, 0) is 59.7 Å². The predicted molar refractivity (Wildman–Crippen MR) is 150 cm³/mol. The van der Waals surface area contributed by atoms with E-state index >= 15 is 0 Å². The molecule has 0 spiro atoms. The van der Waals surface area contributed by atoms with Gasteiger partial charge in [0.2, 0.25) is 5.88 Å². The zero-order valence-corrected chi connectivity index (χ0v) is 22.8. The number of hydrogen-bond acceptors (Lipinski definition) is 8. The number of esters is 1. The number of hydrogen-bond donors (Lipinski definition) is 1. The average Bonchev–Trinajstić information content (AvgIpc) is 3.21. The van der Waals surface area contributed by atoms with Gasteiger partial charge in [0.15, 0.2) is 5.16 Å². The van der Waals surface area contributed by atoms with Crippen LogP contribution in [0.5, 0.6) is 5.88 Å². The number of rotatable bonds is 8. The SMILES string of the molecule is COC(=O)c1ccc(C)c(-c2c(OCc3ccccc3CN3C(=O)c4ccccc4C3=O)nc(SC)[nH]c2=O)c1. The quantitative estimate of drug-likeness (QED) is 0.145. The van der Waals surface area contributed by atoms with E-state index in [1.165, 1.54) is 23.8 Å². The summed E-state index contributed by atoms with van der Waals surface area (Å²) >= 11 is 1.26. The van der Waals surface area contributed by atoms with Gasteiger partial charge in [0.05, 0.1) is 30.3 Å². The van der Waals surface area contributed by atoms with Crippen molar-refractivity contribution in [1.29, 1.82) is 0 Å². The lowest BCUT2D eigenvalue weighted by Crippen LogP contribution is -2.29. The summed E-state index contributed by atoms with van der Waals surface area (Å²) in [5, 5.41) is 0.366. The van der Waals surface area contributed by atoms with Gasteiger partial charge in [0.1, 0.15) is 12.2 Å². The van der Waals surface area contributed by atoms with Crippen molar-refractivity contribution in [1.82, 2.24) is 14.9 Å². The first-order valence-electron chi connectivity index (χ1n) is 12.3. The number of carbonyl (C=O) groups is 3. The molecule has 0 radical (unpaired) electrons. The number of amides is 2. The van der Waals surface area contributed by atoms with Gasteiger partial charge in [-0.15, -0.1) is 0 Å². The van der Waals surface area contributed by atoms with E-state index in [0.29, 0.717) is 21.8 Å². The number of aryl methyl sites for hydroxylation is 1. The number of H-pyrrole nitrogens is 1. The van der Waals surface area contributed by atoms with E-state index in [1.54, 1.807) is 48.7 Å². The van der Waals surface area contributed by atoms with E-state index in [1.807, 2.05) is 31.2 Å². The van der Waals surface area contributed by atoms with Crippen molar-refractivity contribution in [3.05, 3.63) is 110 Å². The molecule has 40 heavy (non-hydrogen) atoms. The third-order valence-electron chi connectivity index (χ3n) is 6.68. The van der Waals surface area contributed by atoms with E-state index in [9.17, 15) is 19.2 Å². The van der Waals surface area contributed by atoms with E-state index < -0.39 is 11.5 Å². The molecular weight excluding hydrogens is 530 g/mol. The highest BCUT2D eigenvalue weighted by Gasteiger charge is 2.35. The van der Waals surface area contributed by atoms with Crippen LogP contribution in [-0.2, 0) is 17.9 Å². The molecule has 1 N–H and O–H groups in total.